The van der Waals surface area contributed by atoms with Gasteiger partial charge < -0.3 is 4.74 Å². The molecule has 1 aromatic rings. The van der Waals surface area contributed by atoms with Crippen LogP contribution in [-0.2, 0) is 9.53 Å². The van der Waals surface area contributed by atoms with Crippen molar-refractivity contribution in [1.29, 1.82) is 0 Å². The molecule has 0 radical (unpaired) electrons. The van der Waals surface area contributed by atoms with Gasteiger partial charge >= 0.3 is 5.97 Å². The smallest absolute Gasteiger partial charge is 0.312 e. The molecule has 2 atom stereocenters. The number of benzene rings is 1. The van der Waals surface area contributed by atoms with Crippen LogP contribution in [0.2, 0.25) is 0 Å². The maximum absolute atomic E-state index is 13.2. The SMILES string of the molecule is CC(C)OC(=O)C(C)(CC(C)(C)CCC(C)(C)C(CC(C)(C)C)c1ccccc1)C(C)(C)C. The fourth-order valence-electron chi connectivity index (χ4n) is 5.01. The molecule has 0 spiro atoms. The number of hydrogen-bond acceptors (Lipinski definition) is 2. The van der Waals surface area contributed by atoms with Crippen LogP contribution in [0.1, 0.15) is 127 Å². The van der Waals surface area contributed by atoms with E-state index < -0.39 is 5.41 Å². The molecular weight excluding hydrogens is 404 g/mol. The van der Waals surface area contributed by atoms with Crippen LogP contribution in [0.3, 0.4) is 0 Å². The van der Waals surface area contributed by atoms with Gasteiger partial charge in [-0.05, 0) is 79.6 Å². The molecule has 2 heteroatoms. The molecule has 0 saturated heterocycles. The van der Waals surface area contributed by atoms with E-state index in [9.17, 15) is 4.79 Å². The van der Waals surface area contributed by atoms with Crippen molar-refractivity contribution < 1.29 is 9.53 Å². The quantitative estimate of drug-likeness (QED) is 0.326. The first-order valence-corrected chi connectivity index (χ1v) is 13.0. The van der Waals surface area contributed by atoms with Gasteiger partial charge in [-0.1, -0.05) is 99.6 Å². The minimum Gasteiger partial charge on any atom is -0.463 e. The van der Waals surface area contributed by atoms with E-state index in [1.54, 1.807) is 0 Å². The fraction of sp³-hybridized carbons (Fsp3) is 0.774. The molecule has 0 heterocycles. The van der Waals surface area contributed by atoms with E-state index in [2.05, 4.69) is 106 Å². The molecule has 0 aromatic heterocycles. The largest absolute Gasteiger partial charge is 0.463 e. The van der Waals surface area contributed by atoms with Crippen LogP contribution in [0.15, 0.2) is 30.3 Å². The summed E-state index contributed by atoms with van der Waals surface area (Å²) in [6.07, 6.45) is 4.08. The van der Waals surface area contributed by atoms with Crippen LogP contribution in [0.5, 0.6) is 0 Å². The third kappa shape index (κ3) is 8.76. The normalized spacial score (nSPS) is 16.4. The highest BCUT2D eigenvalue weighted by Gasteiger charge is 2.49. The minimum absolute atomic E-state index is 0.0261. The van der Waals surface area contributed by atoms with Crippen LogP contribution in [-0.4, -0.2) is 12.1 Å². The second-order valence-corrected chi connectivity index (χ2v) is 14.6. The lowest BCUT2D eigenvalue weighted by Crippen LogP contribution is -2.45. The van der Waals surface area contributed by atoms with E-state index in [1.165, 1.54) is 5.56 Å². The maximum atomic E-state index is 13.2. The van der Waals surface area contributed by atoms with Gasteiger partial charge in [0.25, 0.3) is 0 Å². The van der Waals surface area contributed by atoms with Gasteiger partial charge in [-0.3, -0.25) is 4.79 Å². The maximum Gasteiger partial charge on any atom is 0.312 e. The molecule has 0 amide bonds. The molecule has 0 aliphatic heterocycles. The molecule has 0 N–H and O–H groups in total. The highest BCUT2D eigenvalue weighted by Crippen LogP contribution is 2.52. The van der Waals surface area contributed by atoms with Gasteiger partial charge in [-0.2, -0.15) is 0 Å². The number of carbonyl (C=O) groups is 1. The topological polar surface area (TPSA) is 26.3 Å². The Morgan fingerprint density at radius 1 is 0.818 bits per heavy atom. The summed E-state index contributed by atoms with van der Waals surface area (Å²) in [6.45, 7) is 29.1. The Kier molecular flexibility index (Phi) is 9.48. The van der Waals surface area contributed by atoms with Crippen molar-refractivity contribution in [2.24, 2.45) is 27.1 Å². The Bertz CT molecular complexity index is 743. The zero-order valence-corrected chi connectivity index (χ0v) is 24.2. The Morgan fingerprint density at radius 2 is 1.33 bits per heavy atom. The predicted molar refractivity (Wildman–Crippen MR) is 143 cm³/mol. The first kappa shape index (κ1) is 29.7. The molecule has 2 nitrogen and oxygen atoms in total. The van der Waals surface area contributed by atoms with E-state index >= 15 is 0 Å². The molecule has 0 aliphatic carbocycles. The van der Waals surface area contributed by atoms with Crippen LogP contribution in [0.4, 0.5) is 0 Å². The van der Waals surface area contributed by atoms with Crippen molar-refractivity contribution in [3.63, 3.8) is 0 Å². The number of esters is 1. The van der Waals surface area contributed by atoms with Gasteiger partial charge in [0.1, 0.15) is 0 Å². The lowest BCUT2D eigenvalue weighted by molar-refractivity contribution is -0.169. The summed E-state index contributed by atoms with van der Waals surface area (Å²) < 4.78 is 5.75. The Hall–Kier alpha value is -1.31. The predicted octanol–water partition coefficient (Wildman–Crippen LogP) is 9.43. The first-order valence-electron chi connectivity index (χ1n) is 13.0. The van der Waals surface area contributed by atoms with Crippen molar-refractivity contribution in [3.8, 4) is 0 Å². The number of ether oxygens (including phenoxy) is 1. The average Bonchev–Trinajstić information content (AvgIpc) is 2.63. The summed E-state index contributed by atoms with van der Waals surface area (Å²) in [6, 6.07) is 11.0. The number of hydrogen-bond donors (Lipinski definition) is 0. The molecule has 2 unspecified atom stereocenters. The fourth-order valence-corrected chi connectivity index (χ4v) is 5.01. The summed E-state index contributed by atoms with van der Waals surface area (Å²) in [5, 5.41) is 0. The van der Waals surface area contributed by atoms with Crippen molar-refractivity contribution in [2.45, 2.75) is 128 Å². The summed E-state index contributed by atoms with van der Waals surface area (Å²) in [7, 11) is 0. The average molecular weight is 459 g/mol. The van der Waals surface area contributed by atoms with Gasteiger partial charge in [0.15, 0.2) is 0 Å². The van der Waals surface area contributed by atoms with E-state index in [1.807, 2.05) is 13.8 Å². The van der Waals surface area contributed by atoms with E-state index in [4.69, 9.17) is 4.74 Å². The van der Waals surface area contributed by atoms with Gasteiger partial charge in [0.2, 0.25) is 0 Å². The number of rotatable bonds is 10. The van der Waals surface area contributed by atoms with Crippen molar-refractivity contribution in [3.05, 3.63) is 35.9 Å². The van der Waals surface area contributed by atoms with Crippen molar-refractivity contribution in [2.75, 3.05) is 0 Å². The van der Waals surface area contributed by atoms with E-state index in [0.717, 1.165) is 25.7 Å². The van der Waals surface area contributed by atoms with Crippen LogP contribution >= 0.6 is 0 Å². The van der Waals surface area contributed by atoms with Gasteiger partial charge in [-0.15, -0.1) is 0 Å². The highest BCUT2D eigenvalue weighted by atomic mass is 16.5. The van der Waals surface area contributed by atoms with Crippen molar-refractivity contribution in [1.82, 2.24) is 0 Å². The minimum atomic E-state index is -0.533. The molecule has 0 bridgehead atoms. The second-order valence-electron chi connectivity index (χ2n) is 14.6. The lowest BCUT2D eigenvalue weighted by atomic mass is 9.58. The standard InChI is InChI=1S/C31H54O2/c1-23(2)33-26(32)31(13,28(6,7)8)22-29(9,10)19-20-30(11,12)25(21-27(3,4)5)24-17-15-14-16-18-24/h14-18,23,25H,19-22H2,1-13H3. The third-order valence-electron chi connectivity index (χ3n) is 7.69. The van der Waals surface area contributed by atoms with Gasteiger partial charge in [0, 0.05) is 0 Å². The molecule has 0 fully saturated rings. The summed E-state index contributed by atoms with van der Waals surface area (Å²) in [5.74, 6) is 0.432. The summed E-state index contributed by atoms with van der Waals surface area (Å²) in [4.78, 5) is 13.2. The Balaban J connectivity index is 3.13. The molecule has 33 heavy (non-hydrogen) atoms. The summed E-state index contributed by atoms with van der Waals surface area (Å²) in [5.41, 5.74) is 1.18. The van der Waals surface area contributed by atoms with Crippen LogP contribution < -0.4 is 0 Å². The molecule has 1 rings (SSSR count). The molecule has 1 aromatic carbocycles. The van der Waals surface area contributed by atoms with Gasteiger partial charge in [0.05, 0.1) is 11.5 Å². The van der Waals surface area contributed by atoms with E-state index in [-0.39, 0.29) is 33.7 Å². The lowest BCUT2D eigenvalue weighted by Gasteiger charge is -2.46. The monoisotopic (exact) mass is 458 g/mol. The Labute approximate surface area is 206 Å². The Morgan fingerprint density at radius 3 is 1.76 bits per heavy atom. The number of carbonyl (C=O) groups excluding carboxylic acids is 1. The third-order valence-corrected chi connectivity index (χ3v) is 7.69. The summed E-state index contributed by atoms with van der Waals surface area (Å²) >= 11 is 0. The zero-order chi connectivity index (χ0) is 25.9. The molecule has 0 aliphatic rings. The van der Waals surface area contributed by atoms with Crippen LogP contribution in [0, 0.1) is 27.1 Å². The highest BCUT2D eigenvalue weighted by molar-refractivity contribution is 5.77. The zero-order valence-electron chi connectivity index (χ0n) is 24.2. The van der Waals surface area contributed by atoms with Crippen molar-refractivity contribution >= 4 is 5.97 Å². The molecule has 190 valence electrons. The molecular formula is C31H54O2. The second kappa shape index (κ2) is 10.5. The molecule has 0 saturated carbocycles. The van der Waals surface area contributed by atoms with Gasteiger partial charge in [-0.25, -0.2) is 0 Å². The van der Waals surface area contributed by atoms with E-state index in [0.29, 0.717) is 5.92 Å². The first-order chi connectivity index (χ1) is 14.7. The van der Waals surface area contributed by atoms with Crippen LogP contribution in [0.25, 0.3) is 0 Å².